The molecule has 0 spiro atoms. The van der Waals surface area contributed by atoms with Crippen LogP contribution in [0.3, 0.4) is 0 Å². The van der Waals surface area contributed by atoms with Gasteiger partial charge in [0.1, 0.15) is 0 Å². The highest BCUT2D eigenvalue weighted by Gasteiger charge is 2.03. The Labute approximate surface area is 40.1 Å². The number of hydrogen-bond donors (Lipinski definition) is 2. The monoisotopic (exact) mass is 103 g/mol. The normalized spacial score (nSPS) is 11.3. The number of hydrogen-bond acceptors (Lipinski definition) is 2. The fourth-order valence-electron chi connectivity index (χ4n) is 0.0437. The van der Waals surface area contributed by atoms with Crippen LogP contribution in [-0.4, -0.2) is 16.8 Å². The highest BCUT2D eigenvalue weighted by molar-refractivity contribution is 6.31. The van der Waals surface area contributed by atoms with E-state index in [9.17, 15) is 10.0 Å². The van der Waals surface area contributed by atoms with Gasteiger partial charge in [0.05, 0.1) is 0 Å². The Kier molecular flexibility index (Phi) is 1.84. The molecule has 0 amide bonds. The summed E-state index contributed by atoms with van der Waals surface area (Å²) in [5.41, 5.74) is -0.292. The summed E-state index contributed by atoms with van der Waals surface area (Å²) in [5.74, 6) is -1.21. The van der Waals surface area contributed by atoms with E-state index in [1.54, 1.807) is 0 Å². The summed E-state index contributed by atoms with van der Waals surface area (Å²) in [4.78, 5) is 9.63. The zero-order valence-electron chi connectivity index (χ0n) is 3.76. The molecule has 0 heterocycles. The minimum absolute atomic E-state index is 0.292. The maximum Gasteiger partial charge on any atom is 0.396 e. The van der Waals surface area contributed by atoms with Crippen LogP contribution in [0, 0.1) is 5.21 Å². The van der Waals surface area contributed by atoms with Crippen molar-refractivity contribution in [2.24, 2.45) is 0 Å². The van der Waals surface area contributed by atoms with Crippen molar-refractivity contribution in [3.63, 3.8) is 0 Å². The first-order chi connectivity index (χ1) is 3.18. The summed E-state index contributed by atoms with van der Waals surface area (Å²) >= 11 is 0. The van der Waals surface area contributed by atoms with Crippen LogP contribution >= 0.6 is 0 Å². The largest absolute Gasteiger partial charge is 0.625 e. The predicted octanol–water partition coefficient (Wildman–Crippen LogP) is -1.89. The van der Waals surface area contributed by atoms with Crippen LogP contribution in [0.5, 0.6) is 0 Å². The van der Waals surface area contributed by atoms with Crippen molar-refractivity contribution < 1.29 is 15.1 Å². The molecule has 0 aliphatic carbocycles. The molecule has 0 fully saturated rings. The van der Waals surface area contributed by atoms with Crippen molar-refractivity contribution in [3.05, 3.63) is 5.21 Å². The third-order valence-electron chi connectivity index (χ3n) is 0.474. The van der Waals surface area contributed by atoms with Crippen LogP contribution in [0.4, 0.5) is 0 Å². The van der Waals surface area contributed by atoms with E-state index in [0.29, 0.717) is 0 Å². The number of carboxylic acid groups (broad SMARTS) is 1. The van der Waals surface area contributed by atoms with E-state index in [2.05, 4.69) is 0 Å². The second-order valence-electron chi connectivity index (χ2n) is 1.03. The fourth-order valence-corrected chi connectivity index (χ4v) is 0.0437. The molecular formula is C3H5NO3. The summed E-state index contributed by atoms with van der Waals surface area (Å²) in [6.07, 6.45) is 0. The van der Waals surface area contributed by atoms with Gasteiger partial charge < -0.3 is 10.3 Å². The van der Waals surface area contributed by atoms with E-state index in [4.69, 9.17) is 5.11 Å². The number of rotatable bonds is 1. The molecule has 4 nitrogen and oxygen atoms in total. The lowest BCUT2D eigenvalue weighted by molar-refractivity contribution is -0.373. The van der Waals surface area contributed by atoms with Gasteiger partial charge in [-0.1, -0.05) is 0 Å². The average Bonchev–Trinajstić information content (AvgIpc) is 1.65. The second-order valence-corrected chi connectivity index (χ2v) is 1.03. The van der Waals surface area contributed by atoms with Gasteiger partial charge in [0.25, 0.3) is 5.71 Å². The second kappa shape index (κ2) is 2.17. The number of carbonyl (C=O) groups is 1. The van der Waals surface area contributed by atoms with Gasteiger partial charge in [-0.25, -0.2) is 9.95 Å². The zero-order chi connectivity index (χ0) is 5.86. The third-order valence-corrected chi connectivity index (χ3v) is 0.474. The molecule has 0 aromatic rings. The quantitative estimate of drug-likeness (QED) is 0.231. The first-order valence-corrected chi connectivity index (χ1v) is 1.63. The van der Waals surface area contributed by atoms with Gasteiger partial charge in [0, 0.05) is 6.92 Å². The van der Waals surface area contributed by atoms with Crippen LogP contribution in [-0.2, 0) is 4.79 Å². The van der Waals surface area contributed by atoms with E-state index in [1.807, 2.05) is 0 Å². The van der Waals surface area contributed by atoms with Crippen molar-refractivity contribution in [2.75, 3.05) is 0 Å². The summed E-state index contributed by atoms with van der Waals surface area (Å²) in [6, 6.07) is 0. The lowest BCUT2D eigenvalue weighted by atomic mass is 10.4. The lowest BCUT2D eigenvalue weighted by Gasteiger charge is -1.81. The van der Waals surface area contributed by atoms with Crippen molar-refractivity contribution in [2.45, 2.75) is 6.92 Å². The Bertz CT molecular complexity index is 107. The lowest BCUT2D eigenvalue weighted by Crippen LogP contribution is -2.66. The molecule has 40 valence electrons. The van der Waals surface area contributed by atoms with Gasteiger partial charge in [0.15, 0.2) is 0 Å². The van der Waals surface area contributed by atoms with Crippen LogP contribution < -0.4 is 5.16 Å². The van der Waals surface area contributed by atoms with Crippen molar-refractivity contribution in [1.82, 2.24) is 0 Å². The molecule has 2 N–H and O–H groups in total. The molecule has 0 saturated heterocycles. The van der Waals surface area contributed by atoms with Gasteiger partial charge in [0.2, 0.25) is 0 Å². The van der Waals surface area contributed by atoms with Crippen molar-refractivity contribution >= 4 is 11.7 Å². The van der Waals surface area contributed by atoms with E-state index < -0.39 is 5.97 Å². The molecule has 0 saturated carbocycles. The SMILES string of the molecule is C/C(=[NH+]\[O-])C(=O)O. The maximum absolute atomic E-state index is 9.63. The first kappa shape index (κ1) is 5.94. The average molecular weight is 103 g/mol. The van der Waals surface area contributed by atoms with Crippen LogP contribution in [0.1, 0.15) is 6.92 Å². The van der Waals surface area contributed by atoms with Gasteiger partial charge in [-0.2, -0.15) is 0 Å². The third kappa shape index (κ3) is 1.75. The van der Waals surface area contributed by atoms with E-state index in [0.717, 1.165) is 0 Å². The Hall–Kier alpha value is -1.06. The van der Waals surface area contributed by atoms with Gasteiger partial charge in [-0.05, 0) is 0 Å². The number of carboxylic acids is 1. The summed E-state index contributed by atoms with van der Waals surface area (Å²) in [6.45, 7) is 1.19. The standard InChI is InChI=1S/C3H5NO3/c1-2(4-7)3(5)6/h4H,1H3,(H-,5,6,7)/b4-2+. The predicted molar refractivity (Wildman–Crippen MR) is 22.6 cm³/mol. The minimum Gasteiger partial charge on any atom is -0.625 e. The molecular weight excluding hydrogens is 98.0 g/mol. The minimum atomic E-state index is -1.21. The highest BCUT2D eigenvalue weighted by Crippen LogP contribution is 1.58. The molecule has 0 unspecified atom stereocenters. The van der Waals surface area contributed by atoms with E-state index in [1.165, 1.54) is 12.1 Å². The van der Waals surface area contributed by atoms with Crippen molar-refractivity contribution in [1.29, 1.82) is 0 Å². The summed E-state index contributed by atoms with van der Waals surface area (Å²) < 4.78 is 0. The molecule has 0 aliphatic rings. The Morgan fingerprint density at radius 3 is 2.29 bits per heavy atom. The Morgan fingerprint density at radius 2 is 2.29 bits per heavy atom. The summed E-state index contributed by atoms with van der Waals surface area (Å²) in [5, 5.41) is 18.5. The van der Waals surface area contributed by atoms with Gasteiger partial charge >= 0.3 is 5.97 Å². The zero-order valence-corrected chi connectivity index (χ0v) is 3.76. The Balaban J connectivity index is 3.82. The molecule has 4 heteroatoms. The van der Waals surface area contributed by atoms with Crippen molar-refractivity contribution in [3.8, 4) is 0 Å². The van der Waals surface area contributed by atoms with Crippen LogP contribution in [0.25, 0.3) is 0 Å². The summed E-state index contributed by atoms with van der Waals surface area (Å²) in [7, 11) is 0. The molecule has 7 heavy (non-hydrogen) atoms. The molecule has 0 radical (unpaired) electrons. The van der Waals surface area contributed by atoms with E-state index >= 15 is 0 Å². The van der Waals surface area contributed by atoms with E-state index in [-0.39, 0.29) is 5.71 Å². The van der Waals surface area contributed by atoms with Gasteiger partial charge in [-0.15, -0.1) is 0 Å². The smallest absolute Gasteiger partial charge is 0.396 e. The molecule has 0 atom stereocenters. The van der Waals surface area contributed by atoms with Crippen LogP contribution in [0.15, 0.2) is 0 Å². The highest BCUT2D eigenvalue weighted by atomic mass is 16.4. The van der Waals surface area contributed by atoms with Crippen LogP contribution in [0.2, 0.25) is 0 Å². The molecule has 0 aromatic heterocycles. The first-order valence-electron chi connectivity index (χ1n) is 1.63. The molecule has 0 rings (SSSR count). The Morgan fingerprint density at radius 1 is 1.86 bits per heavy atom. The molecule has 0 aromatic carbocycles. The molecule has 0 bridgehead atoms. The topological polar surface area (TPSA) is 74.3 Å². The number of aliphatic carboxylic acids is 1. The molecule has 0 aliphatic heterocycles. The van der Waals surface area contributed by atoms with Gasteiger partial charge in [-0.3, -0.25) is 0 Å². The number of nitrogens with one attached hydrogen (secondary N) is 1. The maximum atomic E-state index is 9.63. The fraction of sp³-hybridized carbons (Fsp3) is 0.333.